The predicted octanol–water partition coefficient (Wildman–Crippen LogP) is 3.11. The van der Waals surface area contributed by atoms with Crippen LogP contribution in [0.25, 0.3) is 0 Å². The van der Waals surface area contributed by atoms with Crippen molar-refractivity contribution in [1.29, 1.82) is 0 Å². The van der Waals surface area contributed by atoms with Crippen molar-refractivity contribution < 1.29 is 4.79 Å². The third kappa shape index (κ3) is 2.77. The summed E-state index contributed by atoms with van der Waals surface area (Å²) < 4.78 is 2.37. The van der Waals surface area contributed by atoms with Crippen LogP contribution in [-0.2, 0) is 0 Å². The minimum atomic E-state index is -0.674. The van der Waals surface area contributed by atoms with Crippen LogP contribution in [0, 0.1) is 0 Å². The molecule has 1 atom stereocenters. The molecule has 1 aromatic heterocycles. The Balaban J connectivity index is 2.37. The van der Waals surface area contributed by atoms with Crippen LogP contribution in [-0.4, -0.2) is 15.6 Å². The van der Waals surface area contributed by atoms with Crippen molar-refractivity contribution >= 4 is 21.7 Å². The van der Waals surface area contributed by atoms with E-state index in [0.717, 1.165) is 5.56 Å². The number of rotatable bonds is 4. The lowest BCUT2D eigenvalue weighted by molar-refractivity contribution is 0.0948. The zero-order valence-corrected chi connectivity index (χ0v) is 12.5. The van der Waals surface area contributed by atoms with Gasteiger partial charge in [0.1, 0.15) is 5.69 Å². The third-order valence-electron chi connectivity index (χ3n) is 2.91. The van der Waals surface area contributed by atoms with Crippen molar-refractivity contribution in [1.82, 2.24) is 9.78 Å². The number of hydrogen-bond acceptors (Lipinski definition) is 3. The molecule has 0 aliphatic rings. The molecule has 5 heteroatoms. The Morgan fingerprint density at radius 3 is 2.53 bits per heavy atom. The number of hydrogen-bond donors (Lipinski definition) is 1. The number of aromatic nitrogens is 2. The van der Waals surface area contributed by atoms with Crippen molar-refractivity contribution in [3.63, 3.8) is 0 Å². The molecule has 0 spiro atoms. The molecule has 2 N–H and O–H groups in total. The molecule has 1 aromatic carbocycles. The average Bonchev–Trinajstić information content (AvgIpc) is 2.80. The summed E-state index contributed by atoms with van der Waals surface area (Å²) in [4.78, 5) is 12.5. The summed E-state index contributed by atoms with van der Waals surface area (Å²) in [6.45, 7) is 3.95. The van der Waals surface area contributed by atoms with E-state index < -0.39 is 6.04 Å². The second-order valence-corrected chi connectivity index (χ2v) is 5.49. The Kier molecular flexibility index (Phi) is 4.17. The van der Waals surface area contributed by atoms with Crippen molar-refractivity contribution in [2.75, 3.05) is 0 Å². The molecule has 0 bridgehead atoms. The van der Waals surface area contributed by atoms with Crippen molar-refractivity contribution in [2.45, 2.75) is 25.9 Å². The van der Waals surface area contributed by atoms with Gasteiger partial charge in [-0.25, -0.2) is 0 Å². The molecule has 0 radical (unpaired) electrons. The van der Waals surface area contributed by atoms with E-state index in [1.54, 1.807) is 10.9 Å². The first kappa shape index (κ1) is 14.0. The van der Waals surface area contributed by atoms with E-state index in [4.69, 9.17) is 5.73 Å². The number of carbonyl (C=O) groups excluding carboxylic acids is 1. The Morgan fingerprint density at radius 2 is 1.95 bits per heavy atom. The molecule has 0 saturated heterocycles. The normalized spacial score (nSPS) is 12.7. The fraction of sp³-hybridized carbons (Fsp3) is 0.286. The van der Waals surface area contributed by atoms with Gasteiger partial charge in [-0.2, -0.15) is 5.10 Å². The molecule has 2 rings (SSSR count). The topological polar surface area (TPSA) is 60.9 Å². The maximum absolute atomic E-state index is 12.5. The second kappa shape index (κ2) is 5.67. The number of nitrogens with two attached hydrogens (primary N) is 1. The average molecular weight is 322 g/mol. The number of halogens is 1. The van der Waals surface area contributed by atoms with Crippen LogP contribution in [0.1, 0.15) is 42.0 Å². The van der Waals surface area contributed by atoms with Crippen molar-refractivity contribution in [3.8, 4) is 0 Å². The first-order chi connectivity index (χ1) is 9.02. The smallest absolute Gasteiger partial charge is 0.203 e. The first-order valence-electron chi connectivity index (χ1n) is 6.10. The molecule has 0 fully saturated rings. The summed E-state index contributed by atoms with van der Waals surface area (Å²) >= 11 is 3.37. The van der Waals surface area contributed by atoms with Crippen molar-refractivity contribution in [2.24, 2.45) is 5.73 Å². The van der Waals surface area contributed by atoms with Gasteiger partial charge in [0, 0.05) is 6.04 Å². The number of ketones is 1. The van der Waals surface area contributed by atoms with Crippen LogP contribution in [0.3, 0.4) is 0 Å². The summed E-state index contributed by atoms with van der Waals surface area (Å²) in [7, 11) is 0. The Morgan fingerprint density at radius 1 is 1.32 bits per heavy atom. The van der Waals surface area contributed by atoms with Crippen LogP contribution in [0.2, 0.25) is 0 Å². The maximum Gasteiger partial charge on any atom is 0.203 e. The Bertz CT molecular complexity index is 578. The van der Waals surface area contributed by atoms with Gasteiger partial charge in [-0.05, 0) is 35.3 Å². The second-order valence-electron chi connectivity index (χ2n) is 4.63. The molecule has 2 aromatic rings. The maximum atomic E-state index is 12.5. The van der Waals surface area contributed by atoms with E-state index in [-0.39, 0.29) is 11.8 Å². The largest absolute Gasteiger partial charge is 0.317 e. The standard InChI is InChI=1S/C14H16BrN3O/c1-9(2)18-13(11(15)8-17-18)14(19)12(16)10-6-4-3-5-7-10/h3-9,12H,16H2,1-2H3/t12-/m1/s1. The lowest BCUT2D eigenvalue weighted by Crippen LogP contribution is -2.25. The van der Waals surface area contributed by atoms with Gasteiger partial charge in [-0.15, -0.1) is 0 Å². The Labute approximate surface area is 120 Å². The van der Waals surface area contributed by atoms with Crippen molar-refractivity contribution in [3.05, 3.63) is 52.3 Å². The van der Waals surface area contributed by atoms with Gasteiger partial charge in [0.05, 0.1) is 16.7 Å². The number of nitrogens with zero attached hydrogens (tertiary/aromatic N) is 2. The molecule has 100 valence electrons. The monoisotopic (exact) mass is 321 g/mol. The molecule has 1 heterocycles. The predicted molar refractivity (Wildman–Crippen MR) is 78.0 cm³/mol. The van der Waals surface area contributed by atoms with E-state index in [2.05, 4.69) is 21.0 Å². The molecule has 0 amide bonds. The van der Waals surface area contributed by atoms with E-state index in [0.29, 0.717) is 10.2 Å². The fourth-order valence-corrected chi connectivity index (χ4v) is 2.39. The highest BCUT2D eigenvalue weighted by Gasteiger charge is 2.25. The van der Waals surface area contributed by atoms with E-state index in [1.807, 2.05) is 44.2 Å². The van der Waals surface area contributed by atoms with Gasteiger partial charge in [-0.1, -0.05) is 30.3 Å². The molecule has 0 aliphatic carbocycles. The number of Topliss-reactive ketones (excluding diaryl/α,β-unsaturated/α-hetero) is 1. The van der Waals surface area contributed by atoms with Crippen LogP contribution in [0.5, 0.6) is 0 Å². The van der Waals surface area contributed by atoms with Gasteiger partial charge >= 0.3 is 0 Å². The molecule has 0 saturated carbocycles. The fourth-order valence-electron chi connectivity index (χ4n) is 1.92. The van der Waals surface area contributed by atoms with Crippen LogP contribution in [0.15, 0.2) is 41.0 Å². The summed E-state index contributed by atoms with van der Waals surface area (Å²) in [5.74, 6) is -0.135. The van der Waals surface area contributed by atoms with Crippen LogP contribution >= 0.6 is 15.9 Å². The van der Waals surface area contributed by atoms with E-state index in [9.17, 15) is 4.79 Å². The summed E-state index contributed by atoms with van der Waals surface area (Å²) in [6.07, 6.45) is 1.63. The van der Waals surface area contributed by atoms with E-state index in [1.165, 1.54) is 0 Å². The zero-order chi connectivity index (χ0) is 14.0. The highest BCUT2D eigenvalue weighted by Crippen LogP contribution is 2.24. The minimum absolute atomic E-state index is 0.105. The van der Waals surface area contributed by atoms with Gasteiger partial charge in [0.25, 0.3) is 0 Å². The Hall–Kier alpha value is -1.46. The van der Waals surface area contributed by atoms with Gasteiger partial charge in [0.2, 0.25) is 5.78 Å². The third-order valence-corrected chi connectivity index (χ3v) is 3.49. The summed E-state index contributed by atoms with van der Waals surface area (Å²) in [6, 6.07) is 8.78. The highest BCUT2D eigenvalue weighted by atomic mass is 79.9. The first-order valence-corrected chi connectivity index (χ1v) is 6.89. The number of benzene rings is 1. The molecule has 19 heavy (non-hydrogen) atoms. The summed E-state index contributed by atoms with van der Waals surface area (Å²) in [5, 5.41) is 4.21. The van der Waals surface area contributed by atoms with Gasteiger partial charge < -0.3 is 5.73 Å². The van der Waals surface area contributed by atoms with Crippen LogP contribution < -0.4 is 5.73 Å². The molecular formula is C14H16BrN3O. The quantitative estimate of drug-likeness (QED) is 0.880. The highest BCUT2D eigenvalue weighted by molar-refractivity contribution is 9.10. The molecule has 4 nitrogen and oxygen atoms in total. The summed E-state index contributed by atoms with van der Waals surface area (Å²) in [5.41, 5.74) is 7.38. The molecule has 0 unspecified atom stereocenters. The number of carbonyl (C=O) groups is 1. The van der Waals surface area contributed by atoms with Gasteiger partial charge in [-0.3, -0.25) is 9.48 Å². The SMILES string of the molecule is CC(C)n1ncc(Br)c1C(=O)[C@H](N)c1ccccc1. The molecular weight excluding hydrogens is 306 g/mol. The lowest BCUT2D eigenvalue weighted by Gasteiger charge is -2.15. The van der Waals surface area contributed by atoms with E-state index >= 15 is 0 Å². The van der Waals surface area contributed by atoms with Gasteiger partial charge in [0.15, 0.2) is 0 Å². The lowest BCUT2D eigenvalue weighted by atomic mass is 10.0. The van der Waals surface area contributed by atoms with Crippen LogP contribution in [0.4, 0.5) is 0 Å². The molecule has 0 aliphatic heterocycles. The zero-order valence-electron chi connectivity index (χ0n) is 10.9. The minimum Gasteiger partial charge on any atom is -0.317 e.